The number of fused-ring (bicyclic) bond motifs is 1. The number of halogens is 2. The third-order valence-corrected chi connectivity index (χ3v) is 7.70. The molecule has 4 aromatic rings. The van der Waals surface area contributed by atoms with E-state index in [1.165, 1.54) is 36.5 Å². The number of aliphatic hydroxyl groups excluding tert-OH is 1. The number of rotatable bonds is 9. The number of benzene rings is 2. The largest absolute Gasteiger partial charge is 0.391 e. The van der Waals surface area contributed by atoms with Crippen LogP contribution in [-0.4, -0.2) is 48.3 Å². The fourth-order valence-electron chi connectivity index (χ4n) is 5.32. The molecule has 0 bridgehead atoms. The predicted octanol–water partition coefficient (Wildman–Crippen LogP) is 4.38. The lowest BCUT2D eigenvalue weighted by Crippen LogP contribution is -2.48. The minimum atomic E-state index is -1.82. The van der Waals surface area contributed by atoms with Gasteiger partial charge in [0.05, 0.1) is 53.7 Å². The minimum Gasteiger partial charge on any atom is -0.391 e. The van der Waals surface area contributed by atoms with Crippen molar-refractivity contribution in [3.63, 3.8) is 0 Å². The fourth-order valence-corrected chi connectivity index (χ4v) is 5.45. The molecule has 0 saturated carbocycles. The van der Waals surface area contributed by atoms with Gasteiger partial charge in [0.2, 0.25) is 0 Å². The van der Waals surface area contributed by atoms with Crippen molar-refractivity contribution in [3.8, 4) is 6.07 Å². The number of ether oxygens (including phenoxy) is 1. The van der Waals surface area contributed by atoms with Crippen molar-refractivity contribution >= 4 is 17.5 Å². The van der Waals surface area contributed by atoms with Crippen molar-refractivity contribution in [2.24, 2.45) is 7.05 Å². The number of hydrogen-bond donors (Lipinski definition) is 2. The topological polar surface area (TPSA) is 125 Å². The highest BCUT2D eigenvalue weighted by Gasteiger charge is 2.55. The van der Waals surface area contributed by atoms with E-state index in [0.717, 1.165) is 0 Å². The first-order valence-corrected chi connectivity index (χ1v) is 13.7. The van der Waals surface area contributed by atoms with Crippen molar-refractivity contribution < 1.29 is 24.1 Å². The summed E-state index contributed by atoms with van der Waals surface area (Å²) >= 11 is 6.19. The molecule has 42 heavy (non-hydrogen) atoms. The molecule has 3 heterocycles. The van der Waals surface area contributed by atoms with Crippen LogP contribution in [0.25, 0.3) is 0 Å². The van der Waals surface area contributed by atoms with Gasteiger partial charge in [0.25, 0.3) is 5.91 Å². The molecule has 0 aliphatic carbocycles. The van der Waals surface area contributed by atoms with Gasteiger partial charge in [0.1, 0.15) is 17.5 Å². The van der Waals surface area contributed by atoms with E-state index in [9.17, 15) is 20.3 Å². The Bertz CT molecular complexity index is 1670. The lowest BCUT2D eigenvalue weighted by Gasteiger charge is -2.40. The number of carbonyl (C=O) groups excluding carboxylic acids is 1. The summed E-state index contributed by atoms with van der Waals surface area (Å²) in [5, 5.41) is 31.6. The third-order valence-electron chi connectivity index (χ3n) is 7.45. The predicted molar refractivity (Wildman–Crippen MR) is 152 cm³/mol. The molecule has 0 saturated heterocycles. The van der Waals surface area contributed by atoms with Crippen molar-refractivity contribution in [2.45, 2.75) is 44.2 Å². The second kappa shape index (κ2) is 11.3. The van der Waals surface area contributed by atoms with E-state index < -0.39 is 29.2 Å². The Hall–Kier alpha value is -4.14. The monoisotopic (exact) mass is 589 g/mol. The first-order chi connectivity index (χ1) is 20.0. The van der Waals surface area contributed by atoms with Crippen LogP contribution in [0.3, 0.4) is 0 Å². The van der Waals surface area contributed by atoms with Gasteiger partial charge in [-0.05, 0) is 55.3 Å². The normalized spacial score (nSPS) is 18.4. The number of aliphatic hydroxyl groups is 2. The van der Waals surface area contributed by atoms with E-state index in [2.05, 4.69) is 9.97 Å². The molecule has 0 spiro atoms. The second-order valence-corrected chi connectivity index (χ2v) is 10.8. The summed E-state index contributed by atoms with van der Waals surface area (Å²) in [6.07, 6.45) is 3.78. The Labute approximate surface area is 247 Å². The zero-order valence-corrected chi connectivity index (χ0v) is 24.0. The van der Waals surface area contributed by atoms with Crippen LogP contribution in [0.4, 0.5) is 4.39 Å². The molecule has 1 unspecified atom stereocenters. The van der Waals surface area contributed by atoms with Gasteiger partial charge in [-0.25, -0.2) is 9.37 Å². The zero-order chi connectivity index (χ0) is 30.2. The van der Waals surface area contributed by atoms with E-state index in [4.69, 9.17) is 16.3 Å². The maximum atomic E-state index is 16.6. The van der Waals surface area contributed by atoms with Crippen LogP contribution in [0.5, 0.6) is 0 Å². The second-order valence-electron chi connectivity index (χ2n) is 10.4. The van der Waals surface area contributed by atoms with Gasteiger partial charge in [-0.15, -0.1) is 0 Å². The summed E-state index contributed by atoms with van der Waals surface area (Å²) in [6.45, 7) is 2.91. The van der Waals surface area contributed by atoms with Crippen LogP contribution in [0, 0.1) is 17.1 Å². The van der Waals surface area contributed by atoms with Gasteiger partial charge in [0, 0.05) is 30.0 Å². The van der Waals surface area contributed by atoms with Crippen LogP contribution < -0.4 is 0 Å². The summed E-state index contributed by atoms with van der Waals surface area (Å²) in [4.78, 5) is 24.3. The van der Waals surface area contributed by atoms with E-state index in [1.54, 1.807) is 61.1 Å². The first kappa shape index (κ1) is 29.4. The maximum Gasteiger partial charge on any atom is 0.257 e. The summed E-state index contributed by atoms with van der Waals surface area (Å²) in [7, 11) is 1.76. The number of nitriles is 1. The summed E-state index contributed by atoms with van der Waals surface area (Å²) in [5.41, 5.74) is -1.94. The summed E-state index contributed by atoms with van der Waals surface area (Å²) < 4.78 is 24.6. The Morgan fingerprint density at radius 3 is 2.52 bits per heavy atom. The van der Waals surface area contributed by atoms with Crippen molar-refractivity contribution in [1.29, 1.82) is 5.26 Å². The number of carbonyl (C=O) groups is 1. The molecule has 1 amide bonds. The molecule has 11 heteroatoms. The molecule has 0 fully saturated rings. The smallest absolute Gasteiger partial charge is 0.257 e. The van der Waals surface area contributed by atoms with Crippen molar-refractivity contribution in [2.75, 3.05) is 6.61 Å². The average Bonchev–Trinajstić information content (AvgIpc) is 3.52. The lowest BCUT2D eigenvalue weighted by atomic mass is 9.84. The molecule has 2 aromatic heterocycles. The van der Waals surface area contributed by atoms with Gasteiger partial charge in [-0.2, -0.15) is 5.26 Å². The number of hydrogen-bond acceptors (Lipinski definition) is 7. The summed E-state index contributed by atoms with van der Waals surface area (Å²) in [5.74, 6) is -1.36. The van der Waals surface area contributed by atoms with Crippen LogP contribution in [0.2, 0.25) is 5.02 Å². The van der Waals surface area contributed by atoms with Crippen LogP contribution in [0.15, 0.2) is 67.3 Å². The molecule has 3 atom stereocenters. The fraction of sp³-hybridized carbons (Fsp3) is 0.290. The standard InChI is InChI=1S/C31H29ClFN5O4/c1-4-30(41,27-16-37(3)18-36-27)22-11-25-28(26(33)12-22)31(42-17-19(2)39,21-6-8-23(32)9-7-21)38(29(25)40)15-24-10-5-20(13-34)14-35-24/h5-12,14,16,18-19,39,41H,4,15,17H2,1-3H3/t19-,30?,31-/m1/s1. The molecule has 1 aliphatic rings. The Morgan fingerprint density at radius 2 is 1.95 bits per heavy atom. The molecular weight excluding hydrogens is 561 g/mol. The van der Waals surface area contributed by atoms with Crippen LogP contribution in [-0.2, 0) is 29.7 Å². The van der Waals surface area contributed by atoms with E-state index in [1.807, 2.05) is 6.07 Å². The van der Waals surface area contributed by atoms with Gasteiger partial charge in [-0.1, -0.05) is 30.7 Å². The van der Waals surface area contributed by atoms with Gasteiger partial charge >= 0.3 is 0 Å². The molecule has 9 nitrogen and oxygen atoms in total. The highest BCUT2D eigenvalue weighted by Crippen LogP contribution is 2.49. The number of imidazole rings is 1. The third kappa shape index (κ3) is 4.95. The highest BCUT2D eigenvalue weighted by atomic mass is 35.5. The van der Waals surface area contributed by atoms with Crippen LogP contribution >= 0.6 is 11.6 Å². The van der Waals surface area contributed by atoms with E-state index >= 15 is 4.39 Å². The van der Waals surface area contributed by atoms with E-state index in [-0.39, 0.29) is 36.3 Å². The highest BCUT2D eigenvalue weighted by molar-refractivity contribution is 6.30. The molecule has 216 valence electrons. The van der Waals surface area contributed by atoms with Gasteiger partial charge in [-0.3, -0.25) is 14.7 Å². The minimum absolute atomic E-state index is 0.0120. The number of aromatic nitrogens is 3. The average molecular weight is 590 g/mol. The molecule has 2 aromatic carbocycles. The quantitative estimate of drug-likeness (QED) is 0.297. The molecule has 2 N–H and O–H groups in total. The Kier molecular flexibility index (Phi) is 7.88. The van der Waals surface area contributed by atoms with Crippen LogP contribution in [0.1, 0.15) is 64.3 Å². The molecule has 1 aliphatic heterocycles. The number of pyridine rings is 1. The van der Waals surface area contributed by atoms with Gasteiger partial charge < -0.3 is 19.5 Å². The maximum absolute atomic E-state index is 16.6. The molecular formula is C31H29ClFN5O4. The number of nitrogens with zero attached hydrogens (tertiary/aromatic N) is 5. The lowest BCUT2D eigenvalue weighted by molar-refractivity contribution is -0.132. The SMILES string of the molecule is CCC(O)(c1cc(F)c2c(c1)C(=O)N(Cc1ccc(C#N)cn1)[C@@]2(OC[C@@H](C)O)c1ccc(Cl)cc1)c1cn(C)cn1. The van der Waals surface area contributed by atoms with Crippen molar-refractivity contribution in [3.05, 3.63) is 117 Å². The molecule has 5 rings (SSSR count). The Balaban J connectivity index is 1.75. The number of amides is 1. The van der Waals surface area contributed by atoms with Crippen molar-refractivity contribution in [1.82, 2.24) is 19.4 Å². The summed E-state index contributed by atoms with van der Waals surface area (Å²) in [6, 6.07) is 14.3. The molecule has 0 radical (unpaired) electrons. The first-order valence-electron chi connectivity index (χ1n) is 13.3. The van der Waals surface area contributed by atoms with E-state index in [0.29, 0.717) is 27.5 Å². The zero-order valence-electron chi connectivity index (χ0n) is 23.3. The number of aryl methyl sites for hydroxylation is 1. The Morgan fingerprint density at radius 1 is 1.21 bits per heavy atom. The van der Waals surface area contributed by atoms with Gasteiger partial charge in [0.15, 0.2) is 5.72 Å².